The van der Waals surface area contributed by atoms with Crippen molar-refractivity contribution in [1.29, 1.82) is 0 Å². The predicted molar refractivity (Wildman–Crippen MR) is 49.4 cm³/mol. The molecule has 2 aromatic rings. The second-order valence-corrected chi connectivity index (χ2v) is 3.31. The minimum Gasteiger partial charge on any atom is -0.439 e. The van der Waals surface area contributed by atoms with E-state index in [1.165, 1.54) is 0 Å². The normalized spacial score (nSPS) is 10.4. The van der Waals surface area contributed by atoms with Crippen LogP contribution in [0.15, 0.2) is 27.4 Å². The van der Waals surface area contributed by atoms with Crippen molar-refractivity contribution in [3.05, 3.63) is 28.9 Å². The summed E-state index contributed by atoms with van der Waals surface area (Å²) >= 11 is 7.18. The number of thiophene rings is 1. The maximum atomic E-state index is 5.55. The van der Waals surface area contributed by atoms with Gasteiger partial charge >= 0.3 is 0 Å². The first-order valence-electron chi connectivity index (χ1n) is 3.43. The summed E-state index contributed by atoms with van der Waals surface area (Å²) < 4.78 is 5.34. The van der Waals surface area contributed by atoms with Gasteiger partial charge in [0, 0.05) is 10.9 Å². The Morgan fingerprint density at radius 1 is 1.58 bits per heavy atom. The van der Waals surface area contributed by atoms with Gasteiger partial charge in [-0.15, -0.1) is 11.6 Å². The fourth-order valence-electron chi connectivity index (χ4n) is 0.910. The Morgan fingerprint density at radius 2 is 2.50 bits per heavy atom. The van der Waals surface area contributed by atoms with E-state index in [0.29, 0.717) is 11.8 Å². The quantitative estimate of drug-likeness (QED) is 0.695. The van der Waals surface area contributed by atoms with Crippen molar-refractivity contribution in [2.24, 2.45) is 0 Å². The minimum atomic E-state index is 0.324. The van der Waals surface area contributed by atoms with Gasteiger partial charge in [0.1, 0.15) is 0 Å². The van der Waals surface area contributed by atoms with Crippen LogP contribution in [0.25, 0.3) is 11.3 Å². The maximum Gasteiger partial charge on any atom is 0.209 e. The van der Waals surface area contributed by atoms with Crippen molar-refractivity contribution in [3.8, 4) is 11.3 Å². The van der Waals surface area contributed by atoms with Crippen molar-refractivity contribution < 1.29 is 4.42 Å². The van der Waals surface area contributed by atoms with Gasteiger partial charge in [-0.1, -0.05) is 0 Å². The maximum absolute atomic E-state index is 5.55. The molecule has 2 nitrogen and oxygen atoms in total. The Bertz CT molecular complexity index is 355. The van der Waals surface area contributed by atoms with Crippen LogP contribution >= 0.6 is 22.9 Å². The number of hydrogen-bond acceptors (Lipinski definition) is 3. The van der Waals surface area contributed by atoms with Crippen LogP contribution in [-0.2, 0) is 5.88 Å². The molecule has 0 unspecified atom stereocenters. The van der Waals surface area contributed by atoms with Crippen LogP contribution in [0.1, 0.15) is 5.89 Å². The molecule has 0 aliphatic heterocycles. The number of alkyl halides is 1. The summed E-state index contributed by atoms with van der Waals surface area (Å²) in [7, 11) is 0. The van der Waals surface area contributed by atoms with E-state index in [9.17, 15) is 0 Å². The molecule has 2 heterocycles. The Hall–Kier alpha value is -0.800. The zero-order valence-electron chi connectivity index (χ0n) is 6.16. The SMILES string of the molecule is ClCc1ncc(-c2ccsc2)o1. The van der Waals surface area contributed by atoms with Crippen LogP contribution in [0.5, 0.6) is 0 Å². The topological polar surface area (TPSA) is 26.0 Å². The lowest BCUT2D eigenvalue weighted by atomic mass is 10.3. The minimum absolute atomic E-state index is 0.324. The van der Waals surface area contributed by atoms with Gasteiger partial charge in [0.2, 0.25) is 5.89 Å². The summed E-state index contributed by atoms with van der Waals surface area (Å²) in [5, 5.41) is 4.01. The molecule has 0 saturated heterocycles. The van der Waals surface area contributed by atoms with Gasteiger partial charge < -0.3 is 4.42 Å². The van der Waals surface area contributed by atoms with E-state index >= 15 is 0 Å². The van der Waals surface area contributed by atoms with Crippen molar-refractivity contribution in [3.63, 3.8) is 0 Å². The number of halogens is 1. The molecule has 2 rings (SSSR count). The van der Waals surface area contributed by atoms with E-state index in [2.05, 4.69) is 4.98 Å². The van der Waals surface area contributed by atoms with Gasteiger partial charge in [0.25, 0.3) is 0 Å². The third-order valence-corrected chi connectivity index (χ3v) is 2.39. The molecule has 0 aliphatic carbocycles. The summed E-state index contributed by atoms with van der Waals surface area (Å²) in [6.07, 6.45) is 1.69. The molecule has 4 heteroatoms. The van der Waals surface area contributed by atoms with E-state index in [-0.39, 0.29) is 0 Å². The van der Waals surface area contributed by atoms with Gasteiger partial charge in [-0.05, 0) is 11.4 Å². The van der Waals surface area contributed by atoms with Gasteiger partial charge in [0.15, 0.2) is 5.76 Å². The third kappa shape index (κ3) is 1.38. The molecule has 12 heavy (non-hydrogen) atoms. The standard InChI is InChI=1S/C8H6ClNOS/c9-3-8-10-4-7(11-8)6-1-2-12-5-6/h1-2,4-5H,3H2. The fourth-order valence-corrected chi connectivity index (χ4v) is 1.68. The highest BCUT2D eigenvalue weighted by molar-refractivity contribution is 7.08. The molecular weight excluding hydrogens is 194 g/mol. The molecule has 62 valence electrons. The average molecular weight is 200 g/mol. The highest BCUT2D eigenvalue weighted by Crippen LogP contribution is 2.22. The van der Waals surface area contributed by atoms with E-state index in [1.54, 1.807) is 17.5 Å². The Morgan fingerprint density at radius 3 is 3.08 bits per heavy atom. The Kier molecular flexibility index (Phi) is 2.15. The molecule has 0 bridgehead atoms. The van der Waals surface area contributed by atoms with E-state index in [1.807, 2.05) is 16.8 Å². The molecule has 0 aliphatic rings. The Labute approximate surface area is 78.8 Å². The molecule has 0 atom stereocenters. The predicted octanol–water partition coefficient (Wildman–Crippen LogP) is 3.14. The van der Waals surface area contributed by atoms with Crippen molar-refractivity contribution >= 4 is 22.9 Å². The summed E-state index contributed by atoms with van der Waals surface area (Å²) in [6, 6.07) is 1.99. The van der Waals surface area contributed by atoms with E-state index < -0.39 is 0 Å². The fraction of sp³-hybridized carbons (Fsp3) is 0.125. The van der Waals surface area contributed by atoms with Gasteiger partial charge in [-0.25, -0.2) is 4.98 Å². The summed E-state index contributed by atoms with van der Waals surface area (Å²) in [6.45, 7) is 0. The van der Waals surface area contributed by atoms with Gasteiger partial charge in [-0.2, -0.15) is 11.3 Å². The van der Waals surface area contributed by atoms with Crippen LogP contribution < -0.4 is 0 Å². The average Bonchev–Trinajstić information content (AvgIpc) is 2.75. The molecule has 0 N–H and O–H groups in total. The number of nitrogens with zero attached hydrogens (tertiary/aromatic N) is 1. The highest BCUT2D eigenvalue weighted by Gasteiger charge is 2.04. The van der Waals surface area contributed by atoms with Crippen molar-refractivity contribution in [2.75, 3.05) is 0 Å². The molecule has 0 radical (unpaired) electrons. The number of rotatable bonds is 2. The smallest absolute Gasteiger partial charge is 0.209 e. The van der Waals surface area contributed by atoms with Gasteiger partial charge in [0.05, 0.1) is 12.1 Å². The third-order valence-electron chi connectivity index (χ3n) is 1.47. The van der Waals surface area contributed by atoms with Crippen LogP contribution in [0.4, 0.5) is 0 Å². The largest absolute Gasteiger partial charge is 0.439 e. The Balaban J connectivity index is 2.35. The first-order chi connectivity index (χ1) is 5.90. The lowest BCUT2D eigenvalue weighted by molar-refractivity contribution is 0.529. The molecule has 2 aromatic heterocycles. The summed E-state index contributed by atoms with van der Waals surface area (Å²) in [4.78, 5) is 4.00. The lowest BCUT2D eigenvalue weighted by Crippen LogP contribution is -1.70. The molecular formula is C8H6ClNOS. The molecule has 0 aromatic carbocycles. The molecule has 0 fully saturated rings. The number of oxazole rings is 1. The summed E-state index contributed by atoms with van der Waals surface area (Å²) in [5.74, 6) is 1.68. The monoisotopic (exact) mass is 199 g/mol. The van der Waals surface area contributed by atoms with E-state index in [0.717, 1.165) is 11.3 Å². The van der Waals surface area contributed by atoms with Crippen molar-refractivity contribution in [2.45, 2.75) is 5.88 Å². The second-order valence-electron chi connectivity index (χ2n) is 2.26. The zero-order valence-corrected chi connectivity index (χ0v) is 7.73. The lowest BCUT2D eigenvalue weighted by Gasteiger charge is -1.86. The van der Waals surface area contributed by atoms with Crippen LogP contribution in [0.2, 0.25) is 0 Å². The molecule has 0 spiro atoms. The van der Waals surface area contributed by atoms with Gasteiger partial charge in [-0.3, -0.25) is 0 Å². The molecule has 0 amide bonds. The number of hydrogen-bond donors (Lipinski definition) is 0. The highest BCUT2D eigenvalue weighted by atomic mass is 35.5. The molecule has 0 saturated carbocycles. The van der Waals surface area contributed by atoms with Crippen molar-refractivity contribution in [1.82, 2.24) is 4.98 Å². The second kappa shape index (κ2) is 3.29. The van der Waals surface area contributed by atoms with Crippen LogP contribution in [-0.4, -0.2) is 4.98 Å². The van der Waals surface area contributed by atoms with E-state index in [4.69, 9.17) is 16.0 Å². The first kappa shape index (κ1) is 7.83. The summed E-state index contributed by atoms with van der Waals surface area (Å²) in [5.41, 5.74) is 1.06. The first-order valence-corrected chi connectivity index (χ1v) is 4.91. The number of aromatic nitrogens is 1. The van der Waals surface area contributed by atoms with Crippen LogP contribution in [0.3, 0.4) is 0 Å². The van der Waals surface area contributed by atoms with Crippen LogP contribution in [0, 0.1) is 0 Å². The zero-order chi connectivity index (χ0) is 8.39.